The first-order valence-electron chi connectivity index (χ1n) is 5.65. The summed E-state index contributed by atoms with van der Waals surface area (Å²) in [5.41, 5.74) is 4.84. The van der Waals surface area contributed by atoms with Gasteiger partial charge in [0.15, 0.2) is 11.6 Å². The van der Waals surface area contributed by atoms with Gasteiger partial charge in [-0.2, -0.15) is 0 Å². The molecule has 5 N–H and O–H groups in total. The van der Waals surface area contributed by atoms with Crippen molar-refractivity contribution in [3.63, 3.8) is 0 Å². The lowest BCUT2D eigenvalue weighted by Gasteiger charge is -2.06. The summed E-state index contributed by atoms with van der Waals surface area (Å²) in [6, 6.07) is 5.98. The van der Waals surface area contributed by atoms with Crippen molar-refractivity contribution < 1.29 is 29.0 Å². The molecule has 0 fully saturated rings. The second-order valence-corrected chi connectivity index (χ2v) is 4.07. The number of benzene rings is 1. The van der Waals surface area contributed by atoms with E-state index in [9.17, 15) is 14.4 Å². The summed E-state index contributed by atoms with van der Waals surface area (Å²) >= 11 is 0. The smallest absolute Gasteiger partial charge is 0.335 e. The van der Waals surface area contributed by atoms with Gasteiger partial charge in [0, 0.05) is 11.8 Å². The molecular weight excluding hydrogens is 280 g/mol. The van der Waals surface area contributed by atoms with Gasteiger partial charge in [-0.3, -0.25) is 4.79 Å². The van der Waals surface area contributed by atoms with E-state index in [4.69, 9.17) is 20.4 Å². The Morgan fingerprint density at radius 2 is 1.57 bits per heavy atom. The number of hydrogen-bond donors (Lipinski definition) is 4. The highest BCUT2D eigenvalue weighted by Crippen LogP contribution is 2.17. The molecule has 21 heavy (non-hydrogen) atoms. The van der Waals surface area contributed by atoms with E-state index < -0.39 is 17.8 Å². The Hall–Kier alpha value is -3.29. The highest BCUT2D eigenvalue weighted by Gasteiger charge is 2.15. The van der Waals surface area contributed by atoms with Crippen LogP contribution >= 0.6 is 0 Å². The van der Waals surface area contributed by atoms with Crippen molar-refractivity contribution in [2.24, 2.45) is 0 Å². The monoisotopic (exact) mass is 290 g/mol. The van der Waals surface area contributed by atoms with Crippen LogP contribution in [-0.2, 0) is 0 Å². The molecule has 0 bridgehead atoms. The number of anilines is 2. The van der Waals surface area contributed by atoms with Gasteiger partial charge in [-0.05, 0) is 24.3 Å². The van der Waals surface area contributed by atoms with Crippen LogP contribution in [-0.4, -0.2) is 28.1 Å². The zero-order valence-electron chi connectivity index (χ0n) is 10.5. The number of carbonyl (C=O) groups is 3. The van der Waals surface area contributed by atoms with Crippen molar-refractivity contribution in [3.8, 4) is 0 Å². The molecule has 2 aromatic rings. The zero-order valence-corrected chi connectivity index (χ0v) is 10.5. The van der Waals surface area contributed by atoms with Gasteiger partial charge in [-0.25, -0.2) is 9.59 Å². The van der Waals surface area contributed by atoms with Crippen molar-refractivity contribution in [3.05, 3.63) is 47.2 Å². The number of carboxylic acid groups (broad SMARTS) is 2. The third-order valence-corrected chi connectivity index (χ3v) is 2.54. The molecular formula is C13H10N2O6. The van der Waals surface area contributed by atoms with Crippen molar-refractivity contribution in [2.75, 3.05) is 11.1 Å². The van der Waals surface area contributed by atoms with Gasteiger partial charge in [0.2, 0.25) is 0 Å². The summed E-state index contributed by atoms with van der Waals surface area (Å²) in [4.78, 5) is 33.7. The predicted octanol–water partition coefficient (Wildman–Crippen LogP) is 1.51. The second kappa shape index (κ2) is 5.37. The maximum absolute atomic E-state index is 11.8. The minimum Gasteiger partial charge on any atom is -0.478 e. The van der Waals surface area contributed by atoms with Gasteiger partial charge in [-0.1, -0.05) is 0 Å². The number of amides is 1. The van der Waals surface area contributed by atoms with Crippen LogP contribution in [0.1, 0.15) is 31.3 Å². The van der Waals surface area contributed by atoms with Gasteiger partial charge in [0.05, 0.1) is 11.1 Å². The van der Waals surface area contributed by atoms with Crippen LogP contribution in [0.4, 0.5) is 11.6 Å². The number of rotatable bonds is 4. The lowest BCUT2D eigenvalue weighted by Crippen LogP contribution is -2.13. The number of carboxylic acids is 2. The van der Waals surface area contributed by atoms with Gasteiger partial charge in [-0.15, -0.1) is 0 Å². The van der Waals surface area contributed by atoms with Crippen LogP contribution in [0.15, 0.2) is 34.7 Å². The molecule has 0 saturated heterocycles. The molecule has 108 valence electrons. The first-order valence-corrected chi connectivity index (χ1v) is 5.65. The highest BCUT2D eigenvalue weighted by atomic mass is 16.4. The molecule has 1 amide bonds. The van der Waals surface area contributed by atoms with E-state index in [1.807, 2.05) is 0 Å². The SMILES string of the molecule is Nc1ccc(C(=O)Nc2cc(C(=O)O)cc(C(=O)O)c2)o1. The number of carbonyl (C=O) groups excluding carboxylic acids is 1. The zero-order chi connectivity index (χ0) is 15.6. The molecule has 0 atom stereocenters. The Morgan fingerprint density at radius 1 is 1.00 bits per heavy atom. The van der Waals surface area contributed by atoms with Crippen LogP contribution in [0.25, 0.3) is 0 Å². The summed E-state index contributed by atoms with van der Waals surface area (Å²) in [7, 11) is 0. The van der Waals surface area contributed by atoms with Crippen LogP contribution in [0.2, 0.25) is 0 Å². The molecule has 1 aromatic carbocycles. The van der Waals surface area contributed by atoms with E-state index in [2.05, 4.69) is 5.32 Å². The number of nitrogens with two attached hydrogens (primary N) is 1. The Labute approximate surface area is 117 Å². The number of hydrogen-bond acceptors (Lipinski definition) is 5. The van der Waals surface area contributed by atoms with E-state index in [1.165, 1.54) is 12.1 Å². The Bertz CT molecular complexity index is 702. The summed E-state index contributed by atoms with van der Waals surface area (Å²) in [5.74, 6) is -3.33. The molecule has 8 heteroatoms. The highest BCUT2D eigenvalue weighted by molar-refractivity contribution is 6.04. The topological polar surface area (TPSA) is 143 Å². The van der Waals surface area contributed by atoms with E-state index >= 15 is 0 Å². The van der Waals surface area contributed by atoms with E-state index in [1.54, 1.807) is 0 Å². The Balaban J connectivity index is 2.32. The standard InChI is InChI=1S/C13H10N2O6/c14-10-2-1-9(21-10)11(16)15-8-4-6(12(17)18)3-7(5-8)13(19)20/h1-5H,14H2,(H,15,16)(H,17,18)(H,19,20). The van der Waals surface area contributed by atoms with Crippen LogP contribution in [0, 0.1) is 0 Å². The lowest BCUT2D eigenvalue weighted by atomic mass is 10.1. The molecule has 0 spiro atoms. The molecule has 1 heterocycles. The van der Waals surface area contributed by atoms with Gasteiger partial charge in [0.1, 0.15) is 0 Å². The fourth-order valence-electron chi connectivity index (χ4n) is 1.61. The second-order valence-electron chi connectivity index (χ2n) is 4.07. The average molecular weight is 290 g/mol. The number of nitrogen functional groups attached to an aromatic ring is 1. The van der Waals surface area contributed by atoms with Crippen LogP contribution in [0.3, 0.4) is 0 Å². The third-order valence-electron chi connectivity index (χ3n) is 2.54. The molecule has 0 unspecified atom stereocenters. The number of aromatic carboxylic acids is 2. The largest absolute Gasteiger partial charge is 0.478 e. The normalized spacial score (nSPS) is 10.1. The third kappa shape index (κ3) is 3.18. The first kappa shape index (κ1) is 14.1. The van der Waals surface area contributed by atoms with Crippen LogP contribution in [0.5, 0.6) is 0 Å². The van der Waals surface area contributed by atoms with Gasteiger partial charge >= 0.3 is 11.9 Å². The molecule has 2 rings (SSSR count). The van der Waals surface area contributed by atoms with E-state index in [-0.39, 0.29) is 28.5 Å². The lowest BCUT2D eigenvalue weighted by molar-refractivity contribution is 0.0696. The van der Waals surface area contributed by atoms with Gasteiger partial charge in [0.25, 0.3) is 5.91 Å². The molecule has 0 radical (unpaired) electrons. The minimum atomic E-state index is -1.31. The fourth-order valence-corrected chi connectivity index (χ4v) is 1.61. The number of nitrogens with one attached hydrogen (secondary N) is 1. The first-order chi connectivity index (χ1) is 9.86. The maximum Gasteiger partial charge on any atom is 0.335 e. The van der Waals surface area contributed by atoms with E-state index in [0.717, 1.165) is 18.2 Å². The molecule has 0 saturated carbocycles. The van der Waals surface area contributed by atoms with Crippen molar-refractivity contribution >= 4 is 29.4 Å². The quantitative estimate of drug-likeness (QED) is 0.668. The summed E-state index contributed by atoms with van der Waals surface area (Å²) in [6.45, 7) is 0. The minimum absolute atomic E-state index is 0.0206. The Morgan fingerprint density at radius 3 is 2.00 bits per heavy atom. The molecule has 0 aliphatic heterocycles. The molecule has 8 nitrogen and oxygen atoms in total. The van der Waals surface area contributed by atoms with E-state index in [0.29, 0.717) is 0 Å². The molecule has 0 aliphatic carbocycles. The Kier molecular flexibility index (Phi) is 3.61. The molecule has 1 aromatic heterocycles. The van der Waals surface area contributed by atoms with Crippen molar-refractivity contribution in [1.29, 1.82) is 0 Å². The number of furan rings is 1. The van der Waals surface area contributed by atoms with Crippen molar-refractivity contribution in [2.45, 2.75) is 0 Å². The maximum atomic E-state index is 11.8. The molecule has 0 aliphatic rings. The summed E-state index contributed by atoms with van der Waals surface area (Å²) < 4.78 is 4.91. The fraction of sp³-hybridized carbons (Fsp3) is 0. The van der Waals surface area contributed by atoms with Crippen molar-refractivity contribution in [1.82, 2.24) is 0 Å². The average Bonchev–Trinajstić information content (AvgIpc) is 2.85. The summed E-state index contributed by atoms with van der Waals surface area (Å²) in [6.07, 6.45) is 0. The summed E-state index contributed by atoms with van der Waals surface area (Å²) in [5, 5.41) is 20.2. The predicted molar refractivity (Wildman–Crippen MR) is 71.4 cm³/mol. The van der Waals surface area contributed by atoms with Gasteiger partial charge < -0.3 is 25.7 Å². The van der Waals surface area contributed by atoms with Crippen LogP contribution < -0.4 is 11.1 Å².